The lowest BCUT2D eigenvalue weighted by Crippen LogP contribution is -2.28. The van der Waals surface area contributed by atoms with E-state index in [2.05, 4.69) is 4.74 Å². The maximum atomic E-state index is 13.8. The maximum Gasteiger partial charge on any atom is 0.387 e. The van der Waals surface area contributed by atoms with Crippen LogP contribution in [0.3, 0.4) is 0 Å². The highest BCUT2D eigenvalue weighted by Gasteiger charge is 2.28. The first-order valence-electron chi connectivity index (χ1n) is 7.19. The summed E-state index contributed by atoms with van der Waals surface area (Å²) in [6, 6.07) is 6.54. The smallest absolute Gasteiger partial charge is 0.387 e. The zero-order valence-corrected chi connectivity index (χ0v) is 14.6. The highest BCUT2D eigenvalue weighted by molar-refractivity contribution is 7.89. The van der Waals surface area contributed by atoms with E-state index in [0.717, 1.165) is 29.6 Å². The van der Waals surface area contributed by atoms with Crippen LogP contribution in [0.4, 0.5) is 17.6 Å². The van der Waals surface area contributed by atoms with Crippen molar-refractivity contribution in [3.05, 3.63) is 53.6 Å². The highest BCUT2D eigenvalue weighted by atomic mass is 32.2. The molecule has 142 valence electrons. The van der Waals surface area contributed by atoms with Gasteiger partial charge in [-0.05, 0) is 29.8 Å². The predicted octanol–water partition coefficient (Wildman–Crippen LogP) is 3.40. The Morgan fingerprint density at radius 1 is 1.08 bits per heavy atom. The third kappa shape index (κ3) is 4.25. The Bertz CT molecular complexity index is 870. The molecule has 26 heavy (non-hydrogen) atoms. The van der Waals surface area contributed by atoms with Gasteiger partial charge in [0, 0.05) is 13.6 Å². The number of sulfonamides is 1. The molecule has 0 saturated carbocycles. The zero-order chi connectivity index (χ0) is 19.5. The van der Waals surface area contributed by atoms with E-state index in [1.54, 1.807) is 0 Å². The highest BCUT2D eigenvalue weighted by Crippen LogP contribution is 2.30. The molecule has 0 heterocycles. The van der Waals surface area contributed by atoms with Crippen LogP contribution < -0.4 is 9.47 Å². The van der Waals surface area contributed by atoms with Crippen LogP contribution in [0.5, 0.6) is 11.5 Å². The van der Waals surface area contributed by atoms with Crippen molar-refractivity contribution in [2.75, 3.05) is 14.2 Å². The Balaban J connectivity index is 2.30. The van der Waals surface area contributed by atoms with Crippen molar-refractivity contribution in [3.8, 4) is 11.5 Å². The predicted molar refractivity (Wildman–Crippen MR) is 84.6 cm³/mol. The summed E-state index contributed by atoms with van der Waals surface area (Å²) in [5.41, 5.74) is 0.339. The molecule has 0 radical (unpaired) electrons. The summed E-state index contributed by atoms with van der Waals surface area (Å²) in [5.74, 6) is -2.69. The van der Waals surface area contributed by atoms with Gasteiger partial charge in [0.2, 0.25) is 10.0 Å². The number of hydrogen-bond donors (Lipinski definition) is 0. The molecule has 0 aliphatic rings. The Kier molecular flexibility index (Phi) is 6.09. The van der Waals surface area contributed by atoms with Gasteiger partial charge in [-0.1, -0.05) is 12.1 Å². The van der Waals surface area contributed by atoms with Gasteiger partial charge in [-0.15, -0.1) is 0 Å². The quantitative estimate of drug-likeness (QED) is 0.677. The summed E-state index contributed by atoms with van der Waals surface area (Å²) in [6.45, 7) is -3.33. The minimum Gasteiger partial charge on any atom is -0.493 e. The van der Waals surface area contributed by atoms with Gasteiger partial charge in [-0.3, -0.25) is 0 Å². The fraction of sp³-hybridized carbons (Fsp3) is 0.250. The molecule has 0 fully saturated rings. The number of nitrogens with zero attached hydrogens (tertiary/aromatic N) is 1. The summed E-state index contributed by atoms with van der Waals surface area (Å²) < 4.78 is 87.0. The van der Waals surface area contributed by atoms with Gasteiger partial charge in [0.25, 0.3) is 0 Å². The first-order chi connectivity index (χ1) is 12.2. The second-order valence-corrected chi connectivity index (χ2v) is 7.16. The number of alkyl halides is 2. The normalized spacial score (nSPS) is 11.8. The van der Waals surface area contributed by atoms with Crippen molar-refractivity contribution >= 4 is 10.0 Å². The monoisotopic (exact) mass is 393 g/mol. The summed E-state index contributed by atoms with van der Waals surface area (Å²) in [5, 5.41) is 0. The molecule has 0 saturated heterocycles. The van der Waals surface area contributed by atoms with Gasteiger partial charge in [0.05, 0.1) is 7.11 Å². The van der Waals surface area contributed by atoms with E-state index in [0.29, 0.717) is 5.56 Å². The van der Waals surface area contributed by atoms with Crippen LogP contribution in [0.2, 0.25) is 0 Å². The third-order valence-corrected chi connectivity index (χ3v) is 5.29. The van der Waals surface area contributed by atoms with Crippen LogP contribution in [-0.2, 0) is 16.6 Å². The molecule has 5 nitrogen and oxygen atoms in total. The molecule has 2 aromatic carbocycles. The van der Waals surface area contributed by atoms with E-state index in [1.165, 1.54) is 25.3 Å². The van der Waals surface area contributed by atoms with Crippen LogP contribution in [0.15, 0.2) is 41.3 Å². The minimum atomic E-state index is -4.46. The molecular formula is C16H15F4NO4S. The first-order valence-corrected chi connectivity index (χ1v) is 8.63. The SMILES string of the molecule is COc1cc(CN(C)S(=O)(=O)c2c(F)cccc2F)ccc1OC(F)F. The van der Waals surface area contributed by atoms with Crippen LogP contribution in [-0.4, -0.2) is 33.5 Å². The molecular weight excluding hydrogens is 378 g/mol. The lowest BCUT2D eigenvalue weighted by molar-refractivity contribution is -0.0512. The summed E-state index contributed by atoms with van der Waals surface area (Å²) in [7, 11) is -2.09. The largest absolute Gasteiger partial charge is 0.493 e. The molecule has 0 unspecified atom stereocenters. The van der Waals surface area contributed by atoms with Crippen LogP contribution >= 0.6 is 0 Å². The number of halogens is 4. The fourth-order valence-electron chi connectivity index (χ4n) is 2.23. The van der Waals surface area contributed by atoms with Crippen molar-refractivity contribution in [3.63, 3.8) is 0 Å². The average Bonchev–Trinajstić information content (AvgIpc) is 2.55. The summed E-state index contributed by atoms with van der Waals surface area (Å²) in [6.07, 6.45) is 0. The lowest BCUT2D eigenvalue weighted by atomic mass is 10.2. The lowest BCUT2D eigenvalue weighted by Gasteiger charge is -2.19. The third-order valence-electron chi connectivity index (χ3n) is 3.44. The maximum absolute atomic E-state index is 13.8. The van der Waals surface area contributed by atoms with E-state index in [-0.39, 0.29) is 18.0 Å². The molecule has 0 aromatic heterocycles. The number of methoxy groups -OCH3 is 1. The summed E-state index contributed by atoms with van der Waals surface area (Å²) >= 11 is 0. The Morgan fingerprint density at radius 3 is 2.23 bits per heavy atom. The molecule has 2 aromatic rings. The molecule has 0 bridgehead atoms. The van der Waals surface area contributed by atoms with Crippen molar-refractivity contribution in [2.24, 2.45) is 0 Å². The van der Waals surface area contributed by atoms with Crippen LogP contribution in [0, 0.1) is 11.6 Å². The molecule has 0 atom stereocenters. The van der Waals surface area contributed by atoms with E-state index >= 15 is 0 Å². The molecule has 0 N–H and O–H groups in total. The molecule has 0 amide bonds. The molecule has 0 aliphatic carbocycles. The Labute approximate surface area is 147 Å². The van der Waals surface area contributed by atoms with Crippen LogP contribution in [0.25, 0.3) is 0 Å². The van der Waals surface area contributed by atoms with Gasteiger partial charge in [-0.2, -0.15) is 13.1 Å². The standard InChI is InChI=1S/C16H15F4NO4S/c1-21(26(22,23)15-11(17)4-3-5-12(15)18)9-10-6-7-13(25-16(19)20)14(8-10)24-2/h3-8,16H,9H2,1-2H3. The van der Waals surface area contributed by atoms with E-state index in [9.17, 15) is 26.0 Å². The molecule has 10 heteroatoms. The van der Waals surface area contributed by atoms with Gasteiger partial charge < -0.3 is 9.47 Å². The molecule has 0 spiro atoms. The fourth-order valence-corrected chi connectivity index (χ4v) is 3.49. The van der Waals surface area contributed by atoms with E-state index in [4.69, 9.17) is 4.74 Å². The van der Waals surface area contributed by atoms with Crippen molar-refractivity contribution in [1.82, 2.24) is 4.31 Å². The number of benzene rings is 2. The summed E-state index contributed by atoms with van der Waals surface area (Å²) in [4.78, 5) is -1.06. The number of rotatable bonds is 7. The molecule has 0 aliphatic heterocycles. The first kappa shape index (κ1) is 20.0. The second-order valence-electron chi connectivity index (χ2n) is 5.18. The number of ether oxygens (including phenoxy) is 2. The minimum absolute atomic E-state index is 0.0364. The second kappa shape index (κ2) is 7.92. The Morgan fingerprint density at radius 2 is 1.69 bits per heavy atom. The van der Waals surface area contributed by atoms with Gasteiger partial charge >= 0.3 is 6.61 Å². The van der Waals surface area contributed by atoms with E-state index in [1.807, 2.05) is 0 Å². The van der Waals surface area contributed by atoms with Gasteiger partial charge in [-0.25, -0.2) is 17.2 Å². The number of hydrogen-bond acceptors (Lipinski definition) is 4. The van der Waals surface area contributed by atoms with Gasteiger partial charge in [0.1, 0.15) is 11.6 Å². The van der Waals surface area contributed by atoms with Crippen molar-refractivity contribution in [2.45, 2.75) is 18.1 Å². The van der Waals surface area contributed by atoms with Crippen molar-refractivity contribution in [1.29, 1.82) is 0 Å². The van der Waals surface area contributed by atoms with Gasteiger partial charge in [0.15, 0.2) is 16.4 Å². The zero-order valence-electron chi connectivity index (χ0n) is 13.7. The van der Waals surface area contributed by atoms with E-state index < -0.39 is 33.2 Å². The topological polar surface area (TPSA) is 55.8 Å². The van der Waals surface area contributed by atoms with Crippen molar-refractivity contribution < 1.29 is 35.5 Å². The Hall–Kier alpha value is -2.33. The van der Waals surface area contributed by atoms with Crippen LogP contribution in [0.1, 0.15) is 5.56 Å². The molecule has 2 rings (SSSR count). The average molecular weight is 393 g/mol.